The molecule has 0 aliphatic carbocycles. The van der Waals surface area contributed by atoms with Crippen molar-refractivity contribution in [3.8, 4) is 0 Å². The van der Waals surface area contributed by atoms with Crippen LogP contribution >= 0.6 is 0 Å². The molecule has 0 spiro atoms. The van der Waals surface area contributed by atoms with Crippen molar-refractivity contribution in [1.29, 1.82) is 0 Å². The number of aromatic nitrogens is 1. The minimum atomic E-state index is -3.53. The van der Waals surface area contributed by atoms with E-state index >= 15 is 0 Å². The van der Waals surface area contributed by atoms with Crippen LogP contribution in [0.1, 0.15) is 59.4 Å². The molecule has 1 aliphatic heterocycles. The van der Waals surface area contributed by atoms with E-state index in [0.29, 0.717) is 5.69 Å². The fourth-order valence-electron chi connectivity index (χ4n) is 5.23. The smallest absolute Gasteiger partial charge is 0.274 e. The monoisotopic (exact) mass is 709 g/mol. The number of hydrogen-bond acceptors (Lipinski definition) is 9. The molecule has 5 amide bonds. The second-order valence-corrected chi connectivity index (χ2v) is 14.6. The van der Waals surface area contributed by atoms with E-state index < -0.39 is 57.7 Å². The van der Waals surface area contributed by atoms with Crippen molar-refractivity contribution in [3.05, 3.63) is 83.2 Å². The second kappa shape index (κ2) is 16.4. The average Bonchev–Trinajstić information content (AvgIpc) is 3.54. The van der Waals surface area contributed by atoms with E-state index in [0.717, 1.165) is 16.1 Å². The molecule has 268 valence electrons. The van der Waals surface area contributed by atoms with Gasteiger partial charge in [0.2, 0.25) is 27.7 Å². The summed E-state index contributed by atoms with van der Waals surface area (Å²) in [4.78, 5) is 68.5. The Morgan fingerprint density at radius 1 is 0.960 bits per heavy atom. The van der Waals surface area contributed by atoms with Crippen LogP contribution in [0.4, 0.5) is 5.69 Å². The van der Waals surface area contributed by atoms with Crippen LogP contribution in [-0.4, -0.2) is 92.5 Å². The number of carbonyl (C=O) groups excluding carboxylic acids is 5. The van der Waals surface area contributed by atoms with Crippen LogP contribution < -0.4 is 25.6 Å². The van der Waals surface area contributed by atoms with Crippen LogP contribution in [0.15, 0.2) is 65.2 Å². The molecule has 0 unspecified atom stereocenters. The molecule has 3 atom stereocenters. The first kappa shape index (κ1) is 37.6. The molecule has 1 aliphatic rings. The number of nitrogens with one attached hydrogen (secondary N) is 4. The van der Waals surface area contributed by atoms with E-state index in [2.05, 4.69) is 26.4 Å². The molecule has 1 aromatic heterocycles. The van der Waals surface area contributed by atoms with Gasteiger partial charge in [-0.2, -0.15) is 0 Å². The Morgan fingerprint density at radius 2 is 1.62 bits per heavy atom. The minimum absolute atomic E-state index is 0.00377. The van der Waals surface area contributed by atoms with Gasteiger partial charge in [-0.1, -0.05) is 49.3 Å². The number of benzene rings is 2. The highest BCUT2D eigenvalue weighted by Crippen LogP contribution is 2.19. The third kappa shape index (κ3) is 10.1. The van der Waals surface area contributed by atoms with Gasteiger partial charge in [-0.25, -0.2) is 8.42 Å². The number of fused-ring (bicyclic) bond motifs is 2. The molecular formula is C34H43N7O8S. The Kier molecular flexibility index (Phi) is 12.3. The minimum Gasteiger partial charge on any atom is -0.359 e. The maximum atomic E-state index is 13.8. The summed E-state index contributed by atoms with van der Waals surface area (Å²) in [6.07, 6.45) is 1.49. The number of sulfonamides is 1. The van der Waals surface area contributed by atoms with Gasteiger partial charge in [0.25, 0.3) is 11.8 Å². The molecule has 2 aromatic carbocycles. The zero-order valence-electron chi connectivity index (χ0n) is 28.6. The summed E-state index contributed by atoms with van der Waals surface area (Å²) in [6.45, 7) is 5.07. The molecule has 16 heteroatoms. The SMILES string of the molecule is CC(C)C[C@H]1NC(=O)[C@@H](C)NC(=O)c2cc(on2)CN(C(=O)c2ccc(N(C)S(C)(=O)=O)cc2)CCNC(=O)[C@@H](Cc2ccccc2)NC1=O. The summed E-state index contributed by atoms with van der Waals surface area (Å²) in [5, 5.41) is 14.7. The van der Waals surface area contributed by atoms with Crippen LogP contribution in [-0.2, 0) is 37.4 Å². The van der Waals surface area contributed by atoms with Crippen LogP contribution in [0.3, 0.4) is 0 Å². The van der Waals surface area contributed by atoms with Crippen molar-refractivity contribution >= 4 is 45.2 Å². The second-order valence-electron chi connectivity index (χ2n) is 12.6. The Balaban J connectivity index is 1.65. The molecule has 4 rings (SSSR count). The summed E-state index contributed by atoms with van der Waals surface area (Å²) >= 11 is 0. The predicted molar refractivity (Wildman–Crippen MR) is 184 cm³/mol. The van der Waals surface area contributed by atoms with Crippen LogP contribution in [0.5, 0.6) is 0 Å². The van der Waals surface area contributed by atoms with E-state index in [1.54, 1.807) is 0 Å². The number of carbonyl (C=O) groups is 5. The van der Waals surface area contributed by atoms with Crippen LogP contribution in [0, 0.1) is 5.92 Å². The lowest BCUT2D eigenvalue weighted by molar-refractivity contribution is -0.132. The Morgan fingerprint density at radius 3 is 2.26 bits per heavy atom. The normalized spacial score (nSPS) is 19.8. The Labute approximate surface area is 291 Å². The topological polar surface area (TPSA) is 200 Å². The lowest BCUT2D eigenvalue weighted by Crippen LogP contribution is -2.57. The lowest BCUT2D eigenvalue weighted by Gasteiger charge is -2.26. The van der Waals surface area contributed by atoms with Gasteiger partial charge in [-0.15, -0.1) is 0 Å². The quantitative estimate of drug-likeness (QED) is 0.279. The van der Waals surface area contributed by atoms with Crippen molar-refractivity contribution in [2.75, 3.05) is 30.7 Å². The first-order valence-corrected chi connectivity index (χ1v) is 18.0. The first-order valence-electron chi connectivity index (χ1n) is 16.1. The summed E-state index contributed by atoms with van der Waals surface area (Å²) in [5.74, 6) is -2.69. The first-order chi connectivity index (χ1) is 23.6. The van der Waals surface area contributed by atoms with Crippen molar-refractivity contribution in [3.63, 3.8) is 0 Å². The molecule has 50 heavy (non-hydrogen) atoms. The van der Waals surface area contributed by atoms with Crippen LogP contribution in [0.25, 0.3) is 0 Å². The van der Waals surface area contributed by atoms with Gasteiger partial charge >= 0.3 is 0 Å². The van der Waals surface area contributed by atoms with Crippen molar-refractivity contribution in [2.24, 2.45) is 5.92 Å². The molecule has 4 N–H and O–H groups in total. The molecule has 0 fully saturated rings. The molecule has 0 saturated heterocycles. The average molecular weight is 710 g/mol. The van der Waals surface area contributed by atoms with E-state index in [-0.39, 0.29) is 55.4 Å². The standard InChI is InChI=1S/C34H43N7O8S/c1-21(2)17-27-32(44)38-28(18-23-9-7-6-8-10-23)31(43)35-15-16-41(34(46)24-11-13-25(14-12-24)40(4)50(5,47)48)20-26-19-29(39-49-26)33(45)36-22(3)30(42)37-27/h6-14,19,21-22,27-28H,15-18,20H2,1-5H3,(H,35,43)(H,36,45)(H,37,42)(H,38,44)/t22-,27-,28-/m1/s1. The van der Waals surface area contributed by atoms with Gasteiger partial charge in [0.15, 0.2) is 11.5 Å². The van der Waals surface area contributed by atoms with E-state index in [1.807, 2.05) is 44.2 Å². The molecule has 2 bridgehead atoms. The summed E-state index contributed by atoms with van der Waals surface area (Å²) in [7, 11) is -2.13. The van der Waals surface area contributed by atoms with Crippen molar-refractivity contribution in [2.45, 2.75) is 58.3 Å². The number of nitrogens with zero attached hydrogens (tertiary/aromatic N) is 3. The summed E-state index contributed by atoms with van der Waals surface area (Å²) in [5.41, 5.74) is 1.24. The van der Waals surface area contributed by atoms with Crippen LogP contribution in [0.2, 0.25) is 0 Å². The van der Waals surface area contributed by atoms with E-state index in [4.69, 9.17) is 4.52 Å². The van der Waals surface area contributed by atoms with Crippen molar-refractivity contribution < 1.29 is 36.9 Å². The van der Waals surface area contributed by atoms with Gasteiger partial charge in [-0.3, -0.25) is 28.3 Å². The maximum Gasteiger partial charge on any atom is 0.274 e. The fraction of sp³-hybridized carbons (Fsp3) is 0.412. The number of amides is 5. The molecule has 15 nitrogen and oxygen atoms in total. The number of anilines is 1. The highest BCUT2D eigenvalue weighted by Gasteiger charge is 2.30. The van der Waals surface area contributed by atoms with Crippen molar-refractivity contribution in [1.82, 2.24) is 31.3 Å². The predicted octanol–water partition coefficient (Wildman–Crippen LogP) is 1.22. The zero-order chi connectivity index (χ0) is 36.6. The Hall–Kier alpha value is -5.25. The highest BCUT2D eigenvalue weighted by atomic mass is 32.2. The van der Waals surface area contributed by atoms with E-state index in [1.165, 1.54) is 49.2 Å². The van der Waals surface area contributed by atoms with E-state index in [9.17, 15) is 32.4 Å². The zero-order valence-corrected chi connectivity index (χ0v) is 29.5. The van der Waals surface area contributed by atoms with Gasteiger partial charge in [0.05, 0.1) is 18.5 Å². The Bertz CT molecular complexity index is 1790. The van der Waals surface area contributed by atoms with Gasteiger partial charge < -0.3 is 30.7 Å². The third-order valence-corrected chi connectivity index (χ3v) is 9.28. The van der Waals surface area contributed by atoms with Gasteiger partial charge in [0, 0.05) is 38.2 Å². The highest BCUT2D eigenvalue weighted by molar-refractivity contribution is 7.92. The molecular weight excluding hydrogens is 666 g/mol. The molecule has 0 saturated carbocycles. The largest absolute Gasteiger partial charge is 0.359 e. The maximum absolute atomic E-state index is 13.8. The summed E-state index contributed by atoms with van der Waals surface area (Å²) in [6, 6.07) is 13.3. The van der Waals surface area contributed by atoms with Gasteiger partial charge in [0.1, 0.15) is 18.1 Å². The number of hydrogen-bond donors (Lipinski definition) is 4. The third-order valence-electron chi connectivity index (χ3n) is 8.08. The molecule has 2 heterocycles. The number of rotatable bonds is 7. The molecule has 3 aromatic rings. The lowest BCUT2D eigenvalue weighted by atomic mass is 10.0. The summed E-state index contributed by atoms with van der Waals surface area (Å²) < 4.78 is 30.4. The fourth-order valence-corrected chi connectivity index (χ4v) is 5.73. The van der Waals surface area contributed by atoms with Gasteiger partial charge in [-0.05, 0) is 49.1 Å². The molecule has 0 radical (unpaired) electrons.